The Bertz CT molecular complexity index is 704. The summed E-state index contributed by atoms with van der Waals surface area (Å²) in [6.45, 7) is 5.84. The number of benzene rings is 1. The summed E-state index contributed by atoms with van der Waals surface area (Å²) in [5, 5.41) is 0.903. The molecule has 2 fully saturated rings. The average molecular weight is 330 g/mol. The van der Waals surface area contributed by atoms with Gasteiger partial charge in [0.25, 0.3) is 0 Å². The van der Waals surface area contributed by atoms with Crippen LogP contribution in [0.4, 0.5) is 10.2 Å². The third-order valence-electron chi connectivity index (χ3n) is 4.89. The lowest BCUT2D eigenvalue weighted by molar-refractivity contribution is 0.0450. The summed E-state index contributed by atoms with van der Waals surface area (Å²) in [5.41, 5.74) is 0.654. The van der Waals surface area contributed by atoms with Crippen molar-refractivity contribution in [3.63, 3.8) is 0 Å². The predicted molar refractivity (Wildman–Crippen MR) is 91.7 cm³/mol. The first-order valence-electron chi connectivity index (χ1n) is 8.79. The molecule has 0 bridgehead atoms. The number of hydrogen-bond acceptors (Lipinski definition) is 5. The summed E-state index contributed by atoms with van der Waals surface area (Å²) >= 11 is 0. The van der Waals surface area contributed by atoms with Crippen molar-refractivity contribution in [2.24, 2.45) is 0 Å². The first kappa shape index (κ1) is 15.7. The third kappa shape index (κ3) is 3.35. The summed E-state index contributed by atoms with van der Waals surface area (Å²) in [7, 11) is 0. The molecule has 2 aliphatic rings. The molecule has 2 aliphatic heterocycles. The molecule has 6 heteroatoms. The molecule has 24 heavy (non-hydrogen) atoms. The van der Waals surface area contributed by atoms with E-state index in [2.05, 4.69) is 19.8 Å². The standard InChI is InChI=1S/C18H23FN4O/c19-14-4-5-16-17(10-14)20-13-21-18(16)23-8-3-9-24-15(12-23)11-22-6-1-2-7-22/h4-5,10,13,15H,1-3,6-9,11-12H2/t15-/m1/s1. The summed E-state index contributed by atoms with van der Waals surface area (Å²) in [4.78, 5) is 13.5. The van der Waals surface area contributed by atoms with E-state index in [-0.39, 0.29) is 11.9 Å². The first-order chi connectivity index (χ1) is 11.8. The second kappa shape index (κ2) is 6.99. The molecule has 0 aliphatic carbocycles. The lowest BCUT2D eigenvalue weighted by Gasteiger charge is -2.28. The second-order valence-corrected chi connectivity index (χ2v) is 6.66. The van der Waals surface area contributed by atoms with Crippen LogP contribution in [-0.2, 0) is 4.74 Å². The van der Waals surface area contributed by atoms with Gasteiger partial charge in [0.05, 0.1) is 11.6 Å². The van der Waals surface area contributed by atoms with Crippen molar-refractivity contribution in [3.05, 3.63) is 30.3 Å². The Balaban J connectivity index is 1.57. The molecule has 1 aromatic heterocycles. The fourth-order valence-corrected chi connectivity index (χ4v) is 3.72. The Morgan fingerprint density at radius 3 is 2.88 bits per heavy atom. The maximum Gasteiger partial charge on any atom is 0.139 e. The molecule has 0 radical (unpaired) electrons. The number of hydrogen-bond donors (Lipinski definition) is 0. The van der Waals surface area contributed by atoms with Gasteiger partial charge >= 0.3 is 0 Å². The Kier molecular flexibility index (Phi) is 4.58. The normalized spacial score (nSPS) is 22.9. The van der Waals surface area contributed by atoms with E-state index in [1.165, 1.54) is 44.4 Å². The Labute approximate surface area is 141 Å². The van der Waals surface area contributed by atoms with Gasteiger partial charge in [0.2, 0.25) is 0 Å². The maximum absolute atomic E-state index is 13.5. The lowest BCUT2D eigenvalue weighted by Crippen LogP contribution is -2.39. The van der Waals surface area contributed by atoms with Gasteiger partial charge in [-0.3, -0.25) is 0 Å². The topological polar surface area (TPSA) is 41.5 Å². The lowest BCUT2D eigenvalue weighted by atomic mass is 10.2. The van der Waals surface area contributed by atoms with Crippen molar-refractivity contribution in [1.29, 1.82) is 0 Å². The molecule has 128 valence electrons. The van der Waals surface area contributed by atoms with Crippen LogP contribution in [0.2, 0.25) is 0 Å². The monoisotopic (exact) mass is 330 g/mol. The van der Waals surface area contributed by atoms with Gasteiger partial charge in [0.15, 0.2) is 0 Å². The van der Waals surface area contributed by atoms with E-state index in [4.69, 9.17) is 4.74 Å². The molecule has 1 atom stereocenters. The van der Waals surface area contributed by atoms with Gasteiger partial charge in [-0.25, -0.2) is 14.4 Å². The van der Waals surface area contributed by atoms with Crippen molar-refractivity contribution in [2.75, 3.05) is 44.2 Å². The minimum Gasteiger partial charge on any atom is -0.375 e. The zero-order chi connectivity index (χ0) is 16.4. The van der Waals surface area contributed by atoms with E-state index in [0.29, 0.717) is 5.52 Å². The van der Waals surface area contributed by atoms with Crippen molar-refractivity contribution in [1.82, 2.24) is 14.9 Å². The van der Waals surface area contributed by atoms with E-state index in [0.717, 1.165) is 43.9 Å². The van der Waals surface area contributed by atoms with Crippen LogP contribution in [0, 0.1) is 5.82 Å². The number of halogens is 1. The number of aromatic nitrogens is 2. The zero-order valence-electron chi connectivity index (χ0n) is 13.8. The van der Waals surface area contributed by atoms with Crippen LogP contribution in [0.25, 0.3) is 10.9 Å². The molecule has 0 saturated carbocycles. The molecule has 4 rings (SSSR count). The van der Waals surface area contributed by atoms with Crippen molar-refractivity contribution in [2.45, 2.75) is 25.4 Å². The van der Waals surface area contributed by atoms with Crippen LogP contribution in [0.5, 0.6) is 0 Å². The van der Waals surface area contributed by atoms with E-state index >= 15 is 0 Å². The highest BCUT2D eigenvalue weighted by Gasteiger charge is 2.24. The van der Waals surface area contributed by atoms with E-state index < -0.39 is 0 Å². The Hall–Kier alpha value is -1.79. The molecule has 0 unspecified atom stereocenters. The molecule has 2 saturated heterocycles. The predicted octanol–water partition coefficient (Wildman–Crippen LogP) is 2.46. The quantitative estimate of drug-likeness (QED) is 0.865. The summed E-state index contributed by atoms with van der Waals surface area (Å²) < 4.78 is 19.5. The molecular formula is C18H23FN4O. The van der Waals surface area contributed by atoms with Gasteiger partial charge in [-0.2, -0.15) is 0 Å². The second-order valence-electron chi connectivity index (χ2n) is 6.66. The van der Waals surface area contributed by atoms with Crippen LogP contribution < -0.4 is 4.90 Å². The minimum atomic E-state index is -0.266. The maximum atomic E-state index is 13.5. The fourth-order valence-electron chi connectivity index (χ4n) is 3.72. The van der Waals surface area contributed by atoms with Gasteiger partial charge in [-0.15, -0.1) is 0 Å². The average Bonchev–Trinajstić information content (AvgIpc) is 2.98. The number of fused-ring (bicyclic) bond motifs is 1. The molecule has 0 spiro atoms. The third-order valence-corrected chi connectivity index (χ3v) is 4.89. The highest BCUT2D eigenvalue weighted by molar-refractivity contribution is 5.89. The van der Waals surface area contributed by atoms with Crippen LogP contribution in [-0.4, -0.2) is 60.3 Å². The number of nitrogens with zero attached hydrogens (tertiary/aromatic N) is 4. The van der Waals surface area contributed by atoms with E-state index in [1.807, 2.05) is 0 Å². The molecular weight excluding hydrogens is 307 g/mol. The van der Waals surface area contributed by atoms with E-state index in [9.17, 15) is 4.39 Å². The zero-order valence-corrected chi connectivity index (χ0v) is 13.8. The summed E-state index contributed by atoms with van der Waals surface area (Å²) in [6, 6.07) is 4.73. The number of rotatable bonds is 3. The van der Waals surface area contributed by atoms with Crippen LogP contribution >= 0.6 is 0 Å². The van der Waals surface area contributed by atoms with Crippen LogP contribution in [0.1, 0.15) is 19.3 Å². The molecule has 3 heterocycles. The van der Waals surface area contributed by atoms with Gasteiger partial charge in [0, 0.05) is 37.7 Å². The van der Waals surface area contributed by atoms with Crippen molar-refractivity contribution >= 4 is 16.7 Å². The first-order valence-corrected chi connectivity index (χ1v) is 8.79. The van der Waals surface area contributed by atoms with Crippen molar-refractivity contribution in [3.8, 4) is 0 Å². The molecule has 2 aromatic rings. The van der Waals surface area contributed by atoms with Gasteiger partial charge in [0.1, 0.15) is 18.0 Å². The Morgan fingerprint density at radius 1 is 1.12 bits per heavy atom. The molecule has 1 aromatic carbocycles. The van der Waals surface area contributed by atoms with Gasteiger partial charge < -0.3 is 14.5 Å². The molecule has 0 amide bonds. The van der Waals surface area contributed by atoms with Gasteiger partial charge in [-0.1, -0.05) is 0 Å². The Morgan fingerprint density at radius 2 is 2.00 bits per heavy atom. The van der Waals surface area contributed by atoms with Gasteiger partial charge in [-0.05, 0) is 44.5 Å². The smallest absolute Gasteiger partial charge is 0.139 e. The summed E-state index contributed by atoms with van der Waals surface area (Å²) in [6.07, 6.45) is 5.27. The molecule has 5 nitrogen and oxygen atoms in total. The molecule has 0 N–H and O–H groups in total. The van der Waals surface area contributed by atoms with Crippen LogP contribution in [0.3, 0.4) is 0 Å². The number of anilines is 1. The summed E-state index contributed by atoms with van der Waals surface area (Å²) in [5.74, 6) is 0.621. The highest BCUT2D eigenvalue weighted by atomic mass is 19.1. The number of likely N-dealkylation sites (tertiary alicyclic amines) is 1. The van der Waals surface area contributed by atoms with Crippen LogP contribution in [0.15, 0.2) is 24.5 Å². The minimum absolute atomic E-state index is 0.191. The number of ether oxygens (including phenoxy) is 1. The fraction of sp³-hybridized carbons (Fsp3) is 0.556. The van der Waals surface area contributed by atoms with Crippen molar-refractivity contribution < 1.29 is 9.13 Å². The SMILES string of the molecule is Fc1ccc2c(N3CCCO[C@H](CN4CCCC4)C3)ncnc2c1. The largest absolute Gasteiger partial charge is 0.375 e. The van der Waals surface area contributed by atoms with E-state index in [1.54, 1.807) is 6.07 Å². The highest BCUT2D eigenvalue weighted by Crippen LogP contribution is 2.25.